The van der Waals surface area contributed by atoms with Crippen molar-refractivity contribution >= 4 is 16.8 Å². The van der Waals surface area contributed by atoms with Crippen LogP contribution in [0.25, 0.3) is 10.9 Å². The Morgan fingerprint density at radius 1 is 1.22 bits per heavy atom. The van der Waals surface area contributed by atoms with Crippen molar-refractivity contribution < 1.29 is 18.0 Å². The number of H-pyrrole nitrogens is 1. The first kappa shape index (κ1) is 13.5. The molecule has 3 atom stereocenters. The summed E-state index contributed by atoms with van der Waals surface area (Å²) in [6, 6.07) is 4.01. The van der Waals surface area contributed by atoms with Crippen molar-refractivity contribution in [2.45, 2.75) is 37.4 Å². The molecule has 1 aromatic carbocycles. The van der Waals surface area contributed by atoms with Gasteiger partial charge in [-0.3, -0.25) is 4.79 Å². The van der Waals surface area contributed by atoms with E-state index >= 15 is 0 Å². The van der Waals surface area contributed by atoms with Gasteiger partial charge in [0, 0.05) is 35.1 Å². The van der Waals surface area contributed by atoms with Gasteiger partial charge in [0.25, 0.3) is 0 Å². The maximum atomic E-state index is 12.9. The second kappa shape index (κ2) is 4.10. The molecule has 2 aliphatic heterocycles. The maximum absolute atomic E-state index is 12.9. The molecular weight excluding hydrogens is 305 g/mol. The number of piperidine rings is 1. The molecule has 2 bridgehead atoms. The fraction of sp³-hybridized carbons (Fsp3) is 0.471. The van der Waals surface area contributed by atoms with E-state index in [1.807, 2.05) is 4.90 Å². The normalized spacial score (nSPS) is 29.3. The number of hydrogen-bond acceptors (Lipinski definition) is 1. The van der Waals surface area contributed by atoms with E-state index in [0.717, 1.165) is 42.1 Å². The average molecular weight is 320 g/mol. The number of amides is 1. The Labute approximate surface area is 130 Å². The molecule has 120 valence electrons. The number of aromatic amines is 1. The first-order valence-corrected chi connectivity index (χ1v) is 7.93. The molecule has 3 aliphatic rings. The summed E-state index contributed by atoms with van der Waals surface area (Å²) in [5.41, 5.74) is 1.73. The number of halogens is 3. The van der Waals surface area contributed by atoms with Crippen molar-refractivity contribution in [2.24, 2.45) is 5.92 Å². The van der Waals surface area contributed by atoms with Gasteiger partial charge in [0.05, 0.1) is 12.0 Å². The Morgan fingerprint density at radius 2 is 2.04 bits per heavy atom. The zero-order chi connectivity index (χ0) is 15.9. The number of alkyl halides is 3. The lowest BCUT2D eigenvalue weighted by Gasteiger charge is -2.30. The third-order valence-corrected chi connectivity index (χ3v) is 5.77. The fourth-order valence-corrected chi connectivity index (χ4v) is 4.83. The van der Waals surface area contributed by atoms with Crippen LogP contribution in [-0.4, -0.2) is 28.4 Å². The van der Waals surface area contributed by atoms with Crippen LogP contribution in [0, 0.1) is 5.92 Å². The van der Waals surface area contributed by atoms with Gasteiger partial charge < -0.3 is 9.88 Å². The molecule has 6 heteroatoms. The van der Waals surface area contributed by atoms with Crippen LogP contribution >= 0.6 is 0 Å². The topological polar surface area (TPSA) is 36.1 Å². The molecular formula is C17H15F3N2O. The number of aromatic nitrogens is 1. The first-order valence-electron chi connectivity index (χ1n) is 7.93. The standard InChI is InChI=1S/C17H15F3N2O/c18-17(19,20)9-1-2-10-11-6-15(23)22-7-8-3-12(14(22)4-8)16(11)21-13(10)5-9/h1-2,5,8,12,14,21H,3-4,6-7H2/t8-,12+,14-/m0/s1. The summed E-state index contributed by atoms with van der Waals surface area (Å²) in [5, 5.41) is 0.757. The van der Waals surface area contributed by atoms with E-state index in [1.165, 1.54) is 12.1 Å². The van der Waals surface area contributed by atoms with Gasteiger partial charge in [0.2, 0.25) is 5.91 Å². The molecule has 1 saturated heterocycles. The van der Waals surface area contributed by atoms with Gasteiger partial charge in [0.15, 0.2) is 0 Å². The molecule has 2 fully saturated rings. The Hall–Kier alpha value is -1.98. The molecule has 5 rings (SSSR count). The minimum absolute atomic E-state index is 0.113. The number of nitrogens with one attached hydrogen (secondary N) is 1. The van der Waals surface area contributed by atoms with Crippen LogP contribution in [0.15, 0.2) is 18.2 Å². The Morgan fingerprint density at radius 3 is 2.78 bits per heavy atom. The molecule has 2 aromatic rings. The van der Waals surface area contributed by atoms with Crippen molar-refractivity contribution in [3.8, 4) is 0 Å². The first-order chi connectivity index (χ1) is 10.9. The van der Waals surface area contributed by atoms with Crippen LogP contribution in [0.4, 0.5) is 13.2 Å². The van der Waals surface area contributed by atoms with E-state index in [4.69, 9.17) is 0 Å². The summed E-state index contributed by atoms with van der Waals surface area (Å²) in [5.74, 6) is 0.899. The van der Waals surface area contributed by atoms with E-state index in [2.05, 4.69) is 4.98 Å². The zero-order valence-corrected chi connectivity index (χ0v) is 12.3. The smallest absolute Gasteiger partial charge is 0.358 e. The minimum Gasteiger partial charge on any atom is -0.358 e. The molecule has 3 heterocycles. The van der Waals surface area contributed by atoms with Crippen molar-refractivity contribution in [1.82, 2.24) is 9.88 Å². The second-order valence-corrected chi connectivity index (χ2v) is 7.01. The zero-order valence-electron chi connectivity index (χ0n) is 12.3. The summed E-state index contributed by atoms with van der Waals surface area (Å²) in [6.45, 7) is 0.848. The summed E-state index contributed by atoms with van der Waals surface area (Å²) in [4.78, 5) is 17.7. The summed E-state index contributed by atoms with van der Waals surface area (Å²) >= 11 is 0. The highest BCUT2D eigenvalue weighted by atomic mass is 19.4. The second-order valence-electron chi connectivity index (χ2n) is 7.01. The van der Waals surface area contributed by atoms with Crippen LogP contribution in [0.2, 0.25) is 0 Å². The van der Waals surface area contributed by atoms with Gasteiger partial charge in [-0.25, -0.2) is 0 Å². The van der Waals surface area contributed by atoms with Gasteiger partial charge in [-0.1, -0.05) is 6.07 Å². The highest BCUT2D eigenvalue weighted by molar-refractivity contribution is 5.92. The minimum atomic E-state index is -4.35. The third kappa shape index (κ3) is 1.75. The summed E-state index contributed by atoms with van der Waals surface area (Å²) in [7, 11) is 0. The molecule has 0 radical (unpaired) electrons. The molecule has 3 nitrogen and oxygen atoms in total. The predicted octanol–water partition coefficient (Wildman–Crippen LogP) is 3.45. The van der Waals surface area contributed by atoms with E-state index in [9.17, 15) is 18.0 Å². The lowest BCUT2D eigenvalue weighted by atomic mass is 9.93. The monoisotopic (exact) mass is 320 g/mol. The third-order valence-electron chi connectivity index (χ3n) is 5.77. The van der Waals surface area contributed by atoms with Crippen molar-refractivity contribution in [3.63, 3.8) is 0 Å². The molecule has 1 N–H and O–H groups in total. The predicted molar refractivity (Wildman–Crippen MR) is 78.0 cm³/mol. The highest BCUT2D eigenvalue weighted by Gasteiger charge is 2.50. The molecule has 1 amide bonds. The van der Waals surface area contributed by atoms with Gasteiger partial charge in [-0.05, 0) is 36.5 Å². The lowest BCUT2D eigenvalue weighted by molar-refractivity contribution is -0.137. The molecule has 0 unspecified atom stereocenters. The molecule has 0 spiro atoms. The Kier molecular flexibility index (Phi) is 2.40. The van der Waals surface area contributed by atoms with Crippen LogP contribution in [0.1, 0.15) is 35.6 Å². The van der Waals surface area contributed by atoms with E-state index in [-0.39, 0.29) is 17.9 Å². The number of benzene rings is 1. The Balaban J connectivity index is 1.70. The van der Waals surface area contributed by atoms with Crippen LogP contribution < -0.4 is 0 Å². The van der Waals surface area contributed by atoms with Gasteiger partial charge >= 0.3 is 6.18 Å². The van der Waals surface area contributed by atoms with Crippen molar-refractivity contribution in [2.75, 3.05) is 6.54 Å². The number of nitrogens with zero attached hydrogens (tertiary/aromatic N) is 1. The number of carbonyl (C=O) groups excluding carboxylic acids is 1. The number of fused-ring (bicyclic) bond motifs is 5. The summed E-state index contributed by atoms with van der Waals surface area (Å²) in [6.07, 6.45) is -2.00. The molecule has 1 saturated carbocycles. The van der Waals surface area contributed by atoms with Crippen molar-refractivity contribution in [1.29, 1.82) is 0 Å². The summed E-state index contributed by atoms with van der Waals surface area (Å²) < 4.78 is 38.8. The lowest BCUT2D eigenvalue weighted by Crippen LogP contribution is -2.40. The average Bonchev–Trinajstić information content (AvgIpc) is 3.16. The maximum Gasteiger partial charge on any atom is 0.416 e. The fourth-order valence-electron chi connectivity index (χ4n) is 4.83. The quantitative estimate of drug-likeness (QED) is 0.793. The molecule has 1 aliphatic carbocycles. The van der Waals surface area contributed by atoms with Crippen LogP contribution in [0.3, 0.4) is 0 Å². The number of carbonyl (C=O) groups is 1. The number of rotatable bonds is 0. The van der Waals surface area contributed by atoms with Crippen LogP contribution in [-0.2, 0) is 17.4 Å². The van der Waals surface area contributed by atoms with Crippen molar-refractivity contribution in [3.05, 3.63) is 35.0 Å². The van der Waals surface area contributed by atoms with Gasteiger partial charge in [-0.15, -0.1) is 0 Å². The van der Waals surface area contributed by atoms with E-state index in [1.54, 1.807) is 0 Å². The van der Waals surface area contributed by atoms with Gasteiger partial charge in [-0.2, -0.15) is 13.2 Å². The highest BCUT2D eigenvalue weighted by Crippen LogP contribution is 2.50. The van der Waals surface area contributed by atoms with Gasteiger partial charge in [0.1, 0.15) is 0 Å². The van der Waals surface area contributed by atoms with E-state index < -0.39 is 11.7 Å². The Bertz CT molecular complexity index is 838. The van der Waals surface area contributed by atoms with E-state index in [0.29, 0.717) is 17.9 Å². The number of hydrogen-bond donors (Lipinski definition) is 1. The molecule has 1 aromatic heterocycles. The van der Waals surface area contributed by atoms with Crippen LogP contribution in [0.5, 0.6) is 0 Å². The molecule has 23 heavy (non-hydrogen) atoms. The SMILES string of the molecule is O=C1Cc2c([nH]c3cc(C(F)(F)F)ccc23)[C@@H]2C[C@H]3C[C@@H]2N1C3. The largest absolute Gasteiger partial charge is 0.416 e.